The van der Waals surface area contributed by atoms with E-state index >= 15 is 0 Å². The van der Waals surface area contributed by atoms with E-state index in [0.29, 0.717) is 51.8 Å². The van der Waals surface area contributed by atoms with Crippen molar-refractivity contribution >= 4 is 40.7 Å². The number of hydrogen-bond donors (Lipinski definition) is 1. The van der Waals surface area contributed by atoms with Crippen LogP contribution in [-0.4, -0.2) is 28.5 Å². The van der Waals surface area contributed by atoms with E-state index in [0.717, 1.165) is 16.7 Å². The number of phenolic OH excluding ortho intramolecular Hbond substituents is 1. The van der Waals surface area contributed by atoms with Crippen LogP contribution in [0.3, 0.4) is 0 Å². The molecular weight excluding hydrogens is 590 g/mol. The van der Waals surface area contributed by atoms with E-state index in [1.165, 1.54) is 17.0 Å². The Labute approximate surface area is 265 Å². The topological polar surface area (TPSA) is 101 Å². The number of aryl methyl sites for hydroxylation is 1. The summed E-state index contributed by atoms with van der Waals surface area (Å²) in [6.07, 6.45) is 3.73. The van der Waals surface area contributed by atoms with Crippen LogP contribution in [0.4, 0.5) is 5.69 Å². The van der Waals surface area contributed by atoms with E-state index in [1.807, 2.05) is 43.3 Å². The Kier molecular flexibility index (Phi) is 7.09. The first-order valence-electron chi connectivity index (χ1n) is 15.0. The van der Waals surface area contributed by atoms with Gasteiger partial charge in [-0.1, -0.05) is 65.7 Å². The molecule has 0 saturated carbocycles. The number of ether oxygens (including phenoxy) is 1. The average molecular weight is 620 g/mol. The number of benzene rings is 3. The minimum Gasteiger partial charge on any atom is -0.507 e. The Morgan fingerprint density at radius 3 is 2.44 bits per heavy atom. The van der Waals surface area contributed by atoms with Gasteiger partial charge in [0.1, 0.15) is 18.1 Å². The van der Waals surface area contributed by atoms with Crippen molar-refractivity contribution in [1.29, 1.82) is 0 Å². The highest BCUT2D eigenvalue weighted by molar-refractivity contribution is 6.32. The van der Waals surface area contributed by atoms with Gasteiger partial charge in [0.25, 0.3) is 0 Å². The number of aromatic hydroxyl groups is 1. The van der Waals surface area contributed by atoms with Crippen LogP contribution >= 0.6 is 11.6 Å². The molecule has 7 rings (SSSR count). The molecule has 4 aliphatic rings. The van der Waals surface area contributed by atoms with E-state index in [1.54, 1.807) is 37.3 Å². The standard InChI is InChI=1S/C37H30ClNO6/c1-19-8-9-22(15-29(19)38)39-36(43)26-13-12-24-27(33(26)37(39)44)17-28-30(40)14-20(2)35(42)34(28)32(24)25-11-10-23(16-31(25)41)45-18-21-6-4-3-5-7-21/h3-12,14-16,26-27,32-33,41H,13,17-18H2,1-2H3/t26-,27+,32+,33-/m0/s1. The number of phenols is 1. The molecule has 3 aromatic carbocycles. The van der Waals surface area contributed by atoms with Crippen molar-refractivity contribution in [3.63, 3.8) is 0 Å². The predicted molar refractivity (Wildman–Crippen MR) is 169 cm³/mol. The highest BCUT2D eigenvalue weighted by Gasteiger charge is 2.56. The van der Waals surface area contributed by atoms with Crippen molar-refractivity contribution < 1.29 is 29.0 Å². The second-order valence-electron chi connectivity index (χ2n) is 12.2. The minimum absolute atomic E-state index is 0.0849. The van der Waals surface area contributed by atoms with Crippen molar-refractivity contribution in [2.45, 2.75) is 39.2 Å². The number of fused-ring (bicyclic) bond motifs is 3. The number of nitrogens with zero attached hydrogens (tertiary/aromatic N) is 1. The summed E-state index contributed by atoms with van der Waals surface area (Å²) in [6, 6.07) is 19.7. The van der Waals surface area contributed by atoms with Crippen molar-refractivity contribution in [2.24, 2.45) is 17.8 Å². The maximum atomic E-state index is 14.1. The fourth-order valence-electron chi connectivity index (χ4n) is 7.29. The van der Waals surface area contributed by atoms with E-state index in [9.17, 15) is 24.3 Å². The summed E-state index contributed by atoms with van der Waals surface area (Å²) in [6.45, 7) is 3.77. The zero-order chi connectivity index (χ0) is 31.6. The Balaban J connectivity index is 1.28. The zero-order valence-electron chi connectivity index (χ0n) is 24.7. The van der Waals surface area contributed by atoms with Gasteiger partial charge in [-0.15, -0.1) is 0 Å². The lowest BCUT2D eigenvalue weighted by atomic mass is 9.59. The number of carbonyl (C=O) groups excluding carboxylic acids is 4. The Morgan fingerprint density at radius 1 is 0.933 bits per heavy atom. The van der Waals surface area contributed by atoms with Crippen molar-refractivity contribution in [2.75, 3.05) is 4.90 Å². The summed E-state index contributed by atoms with van der Waals surface area (Å²) >= 11 is 6.36. The summed E-state index contributed by atoms with van der Waals surface area (Å²) in [5.41, 5.74) is 4.41. The van der Waals surface area contributed by atoms with Crippen molar-refractivity contribution in [3.05, 3.63) is 123 Å². The molecule has 8 heteroatoms. The van der Waals surface area contributed by atoms with Crippen LogP contribution in [0.1, 0.15) is 42.4 Å². The van der Waals surface area contributed by atoms with E-state index in [2.05, 4.69) is 0 Å². The number of amides is 2. The lowest BCUT2D eigenvalue weighted by Crippen LogP contribution is -2.39. The van der Waals surface area contributed by atoms with Crippen LogP contribution in [0, 0.1) is 24.7 Å². The molecule has 7 nitrogen and oxygen atoms in total. The largest absolute Gasteiger partial charge is 0.507 e. The molecule has 0 radical (unpaired) electrons. The number of halogens is 1. The number of ketones is 2. The van der Waals surface area contributed by atoms with Gasteiger partial charge in [-0.05, 0) is 68.0 Å². The highest BCUT2D eigenvalue weighted by Crippen LogP contribution is 2.56. The summed E-state index contributed by atoms with van der Waals surface area (Å²) < 4.78 is 5.92. The zero-order valence-corrected chi connectivity index (χ0v) is 25.5. The molecule has 45 heavy (non-hydrogen) atoms. The third kappa shape index (κ3) is 4.73. The molecule has 1 saturated heterocycles. The molecule has 4 atom stereocenters. The summed E-state index contributed by atoms with van der Waals surface area (Å²) in [7, 11) is 0. The Morgan fingerprint density at radius 2 is 1.71 bits per heavy atom. The molecule has 2 amide bonds. The van der Waals surface area contributed by atoms with E-state index in [4.69, 9.17) is 16.3 Å². The van der Waals surface area contributed by atoms with Crippen LogP contribution in [-0.2, 0) is 25.8 Å². The van der Waals surface area contributed by atoms with Crippen molar-refractivity contribution in [1.82, 2.24) is 0 Å². The Bertz CT molecular complexity index is 1900. The maximum absolute atomic E-state index is 14.1. The normalized spacial score (nSPS) is 24.2. The predicted octanol–water partition coefficient (Wildman–Crippen LogP) is 6.57. The molecule has 3 aliphatic carbocycles. The fraction of sp³-hybridized carbons (Fsp3) is 0.243. The van der Waals surface area contributed by atoms with Gasteiger partial charge in [0.05, 0.1) is 17.5 Å². The lowest BCUT2D eigenvalue weighted by Gasteiger charge is -2.42. The Hall–Kier alpha value is -4.75. The second-order valence-corrected chi connectivity index (χ2v) is 12.6. The molecule has 1 fully saturated rings. The molecule has 0 unspecified atom stereocenters. The van der Waals surface area contributed by atoms with Crippen LogP contribution in [0.2, 0.25) is 5.02 Å². The van der Waals surface area contributed by atoms with Gasteiger partial charge in [-0.3, -0.25) is 19.2 Å². The van der Waals surface area contributed by atoms with Crippen LogP contribution in [0.25, 0.3) is 0 Å². The molecular formula is C37H30ClNO6. The number of imide groups is 1. The SMILES string of the molecule is CC1=CC(=O)C2=C(C1=O)[C@@H](c1ccc(OCc3ccccc3)cc1O)C1=CC[C@@H]3C(=O)N(c4ccc(C)c(Cl)c4)C(=O)[C@@H]3[C@@H]1C2. The van der Waals surface area contributed by atoms with E-state index in [-0.39, 0.29) is 35.6 Å². The lowest BCUT2D eigenvalue weighted by molar-refractivity contribution is -0.123. The molecule has 3 aromatic rings. The fourth-order valence-corrected chi connectivity index (χ4v) is 7.47. The third-order valence-electron chi connectivity index (χ3n) is 9.54. The first kappa shape index (κ1) is 29.0. The number of Topliss-reactive ketones (excluding diaryl/α,β-unsaturated/α-hetero) is 1. The summed E-state index contributed by atoms with van der Waals surface area (Å²) in [4.78, 5) is 56.1. The van der Waals surface area contributed by atoms with Gasteiger partial charge in [0, 0.05) is 39.3 Å². The number of anilines is 1. The van der Waals surface area contributed by atoms with Gasteiger partial charge in [0.2, 0.25) is 11.8 Å². The van der Waals surface area contributed by atoms with Gasteiger partial charge in [-0.2, -0.15) is 0 Å². The molecule has 1 N–H and O–H groups in total. The third-order valence-corrected chi connectivity index (χ3v) is 9.95. The summed E-state index contributed by atoms with van der Waals surface area (Å²) in [5.74, 6) is -3.43. The molecule has 0 aromatic heterocycles. The van der Waals surface area contributed by atoms with Crippen molar-refractivity contribution in [3.8, 4) is 11.5 Å². The number of carbonyl (C=O) groups is 4. The average Bonchev–Trinajstić information content (AvgIpc) is 3.29. The second kappa shape index (κ2) is 11.0. The van der Waals surface area contributed by atoms with Gasteiger partial charge >= 0.3 is 0 Å². The molecule has 0 spiro atoms. The maximum Gasteiger partial charge on any atom is 0.238 e. The highest BCUT2D eigenvalue weighted by atomic mass is 35.5. The van der Waals surface area contributed by atoms with Gasteiger partial charge in [0.15, 0.2) is 11.6 Å². The molecule has 226 valence electrons. The van der Waals surface area contributed by atoms with E-state index < -0.39 is 23.7 Å². The first-order valence-corrected chi connectivity index (χ1v) is 15.4. The van der Waals surface area contributed by atoms with Gasteiger partial charge < -0.3 is 9.84 Å². The first-order chi connectivity index (χ1) is 21.6. The van der Waals surface area contributed by atoms with Gasteiger partial charge in [-0.25, -0.2) is 4.90 Å². The molecule has 0 bridgehead atoms. The summed E-state index contributed by atoms with van der Waals surface area (Å²) in [5, 5.41) is 11.8. The smallest absolute Gasteiger partial charge is 0.238 e. The monoisotopic (exact) mass is 619 g/mol. The minimum atomic E-state index is -0.756. The van der Waals surface area contributed by atoms with Crippen LogP contribution in [0.15, 0.2) is 101 Å². The molecule has 1 heterocycles. The quantitative estimate of drug-likeness (QED) is 0.197. The molecule has 1 aliphatic heterocycles. The number of allylic oxidation sites excluding steroid dienone is 6. The number of hydrogen-bond acceptors (Lipinski definition) is 6. The number of rotatable bonds is 5. The van der Waals surface area contributed by atoms with Crippen LogP contribution in [0.5, 0.6) is 11.5 Å². The van der Waals surface area contributed by atoms with Crippen LogP contribution < -0.4 is 9.64 Å².